The van der Waals surface area contributed by atoms with Gasteiger partial charge in [0.1, 0.15) is 0 Å². The third kappa shape index (κ3) is 3.57. The van der Waals surface area contributed by atoms with E-state index < -0.39 is 5.91 Å². The third-order valence-electron chi connectivity index (χ3n) is 3.72. The van der Waals surface area contributed by atoms with Crippen molar-refractivity contribution >= 4 is 11.8 Å². The number of benzene rings is 1. The first-order valence-corrected chi connectivity index (χ1v) is 6.91. The molecule has 0 saturated heterocycles. The molecule has 0 unspecified atom stereocenters. The third-order valence-corrected chi connectivity index (χ3v) is 3.72. The minimum absolute atomic E-state index is 0.103. The van der Waals surface area contributed by atoms with Crippen LogP contribution in [0.15, 0.2) is 24.3 Å². The Morgan fingerprint density at radius 3 is 2.90 bits per heavy atom. The molecule has 0 aliphatic heterocycles. The lowest BCUT2D eigenvalue weighted by atomic mass is 9.87. The molecule has 0 fully saturated rings. The largest absolute Gasteiger partial charge is 0.368 e. The highest BCUT2D eigenvalue weighted by molar-refractivity contribution is 5.84. The number of fused-ring (bicyclic) bond motifs is 1. The quantitative estimate of drug-likeness (QED) is 0.826. The summed E-state index contributed by atoms with van der Waals surface area (Å²) in [6, 6.07) is 8.65. The number of likely N-dealkylation sites (N-methyl/N-ethyl adjacent to an activating group) is 1. The van der Waals surface area contributed by atoms with E-state index in [4.69, 9.17) is 5.73 Å². The summed E-state index contributed by atoms with van der Waals surface area (Å²) in [5.41, 5.74) is 7.69. The molecule has 5 nitrogen and oxygen atoms in total. The highest BCUT2D eigenvalue weighted by Gasteiger charge is 2.24. The Labute approximate surface area is 119 Å². The highest BCUT2D eigenvalue weighted by Crippen LogP contribution is 2.33. The zero-order valence-electron chi connectivity index (χ0n) is 11.8. The summed E-state index contributed by atoms with van der Waals surface area (Å²) in [6.07, 6.45) is 3.29. The summed E-state index contributed by atoms with van der Waals surface area (Å²) in [4.78, 5) is 24.4. The van der Waals surface area contributed by atoms with Gasteiger partial charge in [-0.2, -0.15) is 0 Å². The van der Waals surface area contributed by atoms with E-state index in [1.165, 1.54) is 11.1 Å². The van der Waals surface area contributed by atoms with E-state index in [0.717, 1.165) is 19.3 Å². The van der Waals surface area contributed by atoms with Crippen LogP contribution in [0.4, 0.5) is 0 Å². The number of nitrogens with one attached hydrogen (secondary N) is 1. The van der Waals surface area contributed by atoms with Crippen LogP contribution in [0.1, 0.15) is 30.0 Å². The molecule has 0 radical (unpaired) electrons. The average Bonchev–Trinajstić information content (AvgIpc) is 2.44. The molecule has 0 spiro atoms. The van der Waals surface area contributed by atoms with Gasteiger partial charge >= 0.3 is 0 Å². The van der Waals surface area contributed by atoms with Crippen molar-refractivity contribution in [3.63, 3.8) is 0 Å². The molecule has 3 N–H and O–H groups in total. The van der Waals surface area contributed by atoms with E-state index in [-0.39, 0.29) is 25.0 Å². The molecule has 1 aliphatic rings. The standard InChI is InChI=1S/C15H21N3O2/c1-18(10-15(20)17-9-14(16)19)13-8-4-6-11-5-2-3-7-12(11)13/h2-3,5,7,13H,4,6,8-10H2,1H3,(H2,16,19)(H,17,20)/t13-/m0/s1. The van der Waals surface area contributed by atoms with E-state index in [0.29, 0.717) is 0 Å². The van der Waals surface area contributed by atoms with E-state index in [1.807, 2.05) is 18.0 Å². The van der Waals surface area contributed by atoms with E-state index in [2.05, 4.69) is 23.5 Å². The molecule has 2 rings (SSSR count). The van der Waals surface area contributed by atoms with Crippen molar-refractivity contribution in [1.29, 1.82) is 0 Å². The number of carbonyl (C=O) groups excluding carboxylic acids is 2. The molecular formula is C15H21N3O2. The second-order valence-corrected chi connectivity index (χ2v) is 5.26. The summed E-state index contributed by atoms with van der Waals surface area (Å²) >= 11 is 0. The number of primary amides is 1. The van der Waals surface area contributed by atoms with Crippen molar-refractivity contribution in [2.24, 2.45) is 5.73 Å². The van der Waals surface area contributed by atoms with Crippen molar-refractivity contribution in [3.8, 4) is 0 Å². The zero-order valence-corrected chi connectivity index (χ0v) is 11.8. The summed E-state index contributed by atoms with van der Waals surface area (Å²) in [6.45, 7) is 0.167. The lowest BCUT2D eigenvalue weighted by Crippen LogP contribution is -2.41. The van der Waals surface area contributed by atoms with Gasteiger partial charge in [0.05, 0.1) is 13.1 Å². The Balaban J connectivity index is 1.98. The maximum atomic E-state index is 11.8. The minimum Gasteiger partial charge on any atom is -0.368 e. The van der Waals surface area contributed by atoms with Gasteiger partial charge in [-0.3, -0.25) is 14.5 Å². The lowest BCUT2D eigenvalue weighted by molar-refractivity contribution is -0.125. The van der Waals surface area contributed by atoms with Crippen molar-refractivity contribution in [1.82, 2.24) is 10.2 Å². The van der Waals surface area contributed by atoms with Gasteiger partial charge in [0.25, 0.3) is 0 Å². The molecule has 0 bridgehead atoms. The number of hydrogen-bond acceptors (Lipinski definition) is 3. The van der Waals surface area contributed by atoms with Crippen LogP contribution in [0.3, 0.4) is 0 Å². The monoisotopic (exact) mass is 275 g/mol. The van der Waals surface area contributed by atoms with Crippen molar-refractivity contribution in [2.75, 3.05) is 20.1 Å². The second kappa shape index (κ2) is 6.52. The Morgan fingerprint density at radius 1 is 1.40 bits per heavy atom. The molecule has 2 amide bonds. The van der Waals surface area contributed by atoms with Gasteiger partial charge < -0.3 is 11.1 Å². The fourth-order valence-electron chi connectivity index (χ4n) is 2.76. The molecule has 1 aliphatic carbocycles. The molecule has 108 valence electrons. The van der Waals surface area contributed by atoms with E-state index >= 15 is 0 Å². The number of amides is 2. The van der Waals surface area contributed by atoms with Crippen LogP contribution in [0.5, 0.6) is 0 Å². The molecular weight excluding hydrogens is 254 g/mol. The Morgan fingerprint density at radius 2 is 2.15 bits per heavy atom. The van der Waals surface area contributed by atoms with Crippen LogP contribution in [0, 0.1) is 0 Å². The van der Waals surface area contributed by atoms with Crippen molar-refractivity contribution in [2.45, 2.75) is 25.3 Å². The molecule has 1 aromatic carbocycles. The second-order valence-electron chi connectivity index (χ2n) is 5.26. The lowest BCUT2D eigenvalue weighted by Gasteiger charge is -2.32. The van der Waals surface area contributed by atoms with E-state index in [9.17, 15) is 9.59 Å². The van der Waals surface area contributed by atoms with Gasteiger partial charge in [-0.15, -0.1) is 0 Å². The molecule has 1 aromatic rings. The SMILES string of the molecule is CN(CC(=O)NCC(N)=O)[C@H]1CCCc2ccccc21. The summed E-state index contributed by atoms with van der Waals surface area (Å²) in [5.74, 6) is -0.696. The Hall–Kier alpha value is -1.88. The molecule has 0 saturated carbocycles. The molecule has 20 heavy (non-hydrogen) atoms. The van der Waals surface area contributed by atoms with Gasteiger partial charge in [0.2, 0.25) is 11.8 Å². The maximum Gasteiger partial charge on any atom is 0.236 e. The summed E-state index contributed by atoms with van der Waals surface area (Å²) in [5, 5.41) is 2.52. The summed E-state index contributed by atoms with van der Waals surface area (Å²) < 4.78 is 0. The first-order chi connectivity index (χ1) is 9.58. The molecule has 0 aromatic heterocycles. The maximum absolute atomic E-state index is 11.8. The predicted molar refractivity (Wildman–Crippen MR) is 77.0 cm³/mol. The molecule has 5 heteroatoms. The zero-order chi connectivity index (χ0) is 14.5. The fraction of sp³-hybridized carbons (Fsp3) is 0.467. The number of hydrogen-bond donors (Lipinski definition) is 2. The highest BCUT2D eigenvalue weighted by atomic mass is 16.2. The van der Waals surface area contributed by atoms with Crippen LogP contribution in [-0.4, -0.2) is 36.9 Å². The normalized spacial score (nSPS) is 17.6. The van der Waals surface area contributed by atoms with Crippen LogP contribution in [-0.2, 0) is 16.0 Å². The Bertz CT molecular complexity index is 502. The van der Waals surface area contributed by atoms with Crippen molar-refractivity contribution < 1.29 is 9.59 Å². The number of carbonyl (C=O) groups is 2. The number of nitrogens with zero attached hydrogens (tertiary/aromatic N) is 1. The number of rotatable bonds is 5. The van der Waals surface area contributed by atoms with Gasteiger partial charge in [0, 0.05) is 6.04 Å². The summed E-state index contributed by atoms with van der Waals surface area (Å²) in [7, 11) is 1.94. The van der Waals surface area contributed by atoms with Gasteiger partial charge in [-0.05, 0) is 37.4 Å². The minimum atomic E-state index is -0.524. The average molecular weight is 275 g/mol. The van der Waals surface area contributed by atoms with Crippen LogP contribution in [0.2, 0.25) is 0 Å². The van der Waals surface area contributed by atoms with Crippen LogP contribution >= 0.6 is 0 Å². The van der Waals surface area contributed by atoms with Crippen molar-refractivity contribution in [3.05, 3.63) is 35.4 Å². The first kappa shape index (κ1) is 14.5. The topological polar surface area (TPSA) is 75.4 Å². The first-order valence-electron chi connectivity index (χ1n) is 6.91. The predicted octanol–water partition coefficient (Wildman–Crippen LogP) is 0.597. The number of nitrogens with two attached hydrogens (primary N) is 1. The van der Waals surface area contributed by atoms with Crippen LogP contribution < -0.4 is 11.1 Å². The molecule has 0 heterocycles. The number of aryl methyl sites for hydroxylation is 1. The van der Waals surface area contributed by atoms with Gasteiger partial charge in [0.15, 0.2) is 0 Å². The smallest absolute Gasteiger partial charge is 0.236 e. The van der Waals surface area contributed by atoms with Gasteiger partial charge in [-0.25, -0.2) is 0 Å². The molecule has 1 atom stereocenters. The van der Waals surface area contributed by atoms with Crippen LogP contribution in [0.25, 0.3) is 0 Å². The fourth-order valence-corrected chi connectivity index (χ4v) is 2.76. The van der Waals surface area contributed by atoms with E-state index in [1.54, 1.807) is 0 Å². The van der Waals surface area contributed by atoms with Gasteiger partial charge in [-0.1, -0.05) is 24.3 Å². The Kier molecular flexibility index (Phi) is 4.74.